The minimum absolute atomic E-state index is 0.0580. The van der Waals surface area contributed by atoms with Crippen molar-refractivity contribution in [1.82, 2.24) is 9.55 Å². The van der Waals surface area contributed by atoms with E-state index >= 15 is 0 Å². The molecule has 4 rings (SSSR count). The second-order valence-electron chi connectivity index (χ2n) is 6.57. The molecule has 1 aliphatic carbocycles. The lowest BCUT2D eigenvalue weighted by Crippen LogP contribution is -2.22. The third-order valence-electron chi connectivity index (χ3n) is 4.58. The van der Waals surface area contributed by atoms with Crippen LogP contribution >= 0.6 is 39.0 Å². The quantitative estimate of drug-likeness (QED) is 0.384. The molecule has 0 radical (unpaired) electrons. The predicted octanol–water partition coefficient (Wildman–Crippen LogP) is 5.64. The topological polar surface area (TPSA) is 34.9 Å². The highest BCUT2D eigenvalue weighted by Crippen LogP contribution is 2.35. The summed E-state index contributed by atoms with van der Waals surface area (Å²) >= 11 is 6.65. The minimum Gasteiger partial charge on any atom is -0.268 e. The molecule has 0 saturated heterocycles. The number of hydrogen-bond acceptors (Lipinski definition) is 4. The summed E-state index contributed by atoms with van der Waals surface area (Å²) in [5.41, 5.74) is 3.30. The number of hydrogen-bond donors (Lipinski definition) is 0. The smallest absolute Gasteiger partial charge is 0.267 e. The van der Waals surface area contributed by atoms with Crippen LogP contribution in [0, 0.1) is 6.92 Å². The molecule has 2 aromatic heterocycles. The van der Waals surface area contributed by atoms with E-state index in [4.69, 9.17) is 4.98 Å². The Bertz CT molecular complexity index is 1070. The number of thioether (sulfide) groups is 1. The maximum absolute atomic E-state index is 13.5. The fraction of sp³-hybridized carbons (Fsp3) is 0.300. The maximum atomic E-state index is 13.5. The van der Waals surface area contributed by atoms with Crippen LogP contribution in [0.1, 0.15) is 28.8 Å². The molecule has 0 unspecified atom stereocenters. The Hall–Kier alpha value is -1.37. The van der Waals surface area contributed by atoms with Gasteiger partial charge in [-0.05, 0) is 60.3 Å². The lowest BCUT2D eigenvalue weighted by atomic mass is 9.97. The SMILES string of the molecule is C=C(Br)CSc1nc2sc3c(c2c(=O)n1-c1cccc(C)c1)CCCC3. The molecule has 0 N–H and O–H groups in total. The molecule has 0 aliphatic heterocycles. The van der Waals surface area contributed by atoms with E-state index in [-0.39, 0.29) is 5.56 Å². The van der Waals surface area contributed by atoms with E-state index < -0.39 is 0 Å². The van der Waals surface area contributed by atoms with Crippen molar-refractivity contribution in [3.63, 3.8) is 0 Å². The standard InChI is InChI=1S/C20H19BrN2OS2/c1-12-6-5-7-14(10-12)23-19(24)17-15-8-3-4-9-16(15)26-18(17)22-20(23)25-11-13(2)21/h5-7,10H,2-4,8-9,11H2,1H3. The first kappa shape index (κ1) is 18.0. The number of aromatic nitrogens is 2. The van der Waals surface area contributed by atoms with Gasteiger partial charge in [0.25, 0.3) is 5.56 Å². The van der Waals surface area contributed by atoms with Gasteiger partial charge in [0.2, 0.25) is 0 Å². The fourth-order valence-corrected chi connectivity index (χ4v) is 5.83. The first-order valence-corrected chi connectivity index (χ1v) is 11.2. The molecule has 0 bridgehead atoms. The molecule has 0 amide bonds. The molecule has 0 fully saturated rings. The largest absolute Gasteiger partial charge is 0.268 e. The molecule has 0 atom stereocenters. The van der Waals surface area contributed by atoms with Crippen molar-refractivity contribution >= 4 is 49.2 Å². The van der Waals surface area contributed by atoms with Gasteiger partial charge in [0, 0.05) is 10.6 Å². The fourth-order valence-electron chi connectivity index (χ4n) is 3.42. The lowest BCUT2D eigenvalue weighted by Gasteiger charge is -2.14. The minimum atomic E-state index is 0.0580. The van der Waals surface area contributed by atoms with Gasteiger partial charge in [-0.2, -0.15) is 0 Å². The van der Waals surface area contributed by atoms with Crippen molar-refractivity contribution in [1.29, 1.82) is 0 Å². The van der Waals surface area contributed by atoms with Gasteiger partial charge in [-0.25, -0.2) is 4.98 Å². The molecule has 0 saturated carbocycles. The van der Waals surface area contributed by atoms with Crippen LogP contribution in [0.15, 0.2) is 45.3 Å². The molecular weight excluding hydrogens is 428 g/mol. The molecule has 0 spiro atoms. The molecule has 3 aromatic rings. The number of benzene rings is 1. The van der Waals surface area contributed by atoms with E-state index in [2.05, 4.69) is 22.5 Å². The van der Waals surface area contributed by atoms with Crippen molar-refractivity contribution < 1.29 is 0 Å². The Morgan fingerprint density at radius 2 is 2.19 bits per heavy atom. The molecule has 26 heavy (non-hydrogen) atoms. The van der Waals surface area contributed by atoms with Crippen molar-refractivity contribution in [3.05, 3.63) is 61.7 Å². The second-order valence-corrected chi connectivity index (χ2v) is 9.72. The van der Waals surface area contributed by atoms with Crippen molar-refractivity contribution in [3.8, 4) is 5.69 Å². The third-order valence-corrected chi connectivity index (χ3v) is 7.44. The van der Waals surface area contributed by atoms with Gasteiger partial charge >= 0.3 is 0 Å². The van der Waals surface area contributed by atoms with Gasteiger partial charge in [-0.15, -0.1) is 11.3 Å². The Balaban J connectivity index is 1.99. The van der Waals surface area contributed by atoms with E-state index in [0.29, 0.717) is 5.75 Å². The number of thiophene rings is 1. The molecule has 134 valence electrons. The molecule has 1 aromatic carbocycles. The predicted molar refractivity (Wildman–Crippen MR) is 115 cm³/mol. The van der Waals surface area contributed by atoms with E-state index in [1.54, 1.807) is 27.7 Å². The second kappa shape index (κ2) is 7.33. The Morgan fingerprint density at radius 1 is 1.38 bits per heavy atom. The third kappa shape index (κ3) is 3.30. The van der Waals surface area contributed by atoms with Crippen LogP contribution in [-0.2, 0) is 12.8 Å². The summed E-state index contributed by atoms with van der Waals surface area (Å²) in [6, 6.07) is 8.05. The van der Waals surface area contributed by atoms with Crippen LogP contribution in [0.25, 0.3) is 15.9 Å². The number of fused-ring (bicyclic) bond motifs is 3. The highest BCUT2D eigenvalue weighted by Gasteiger charge is 2.22. The number of nitrogens with zero attached hydrogens (tertiary/aromatic N) is 2. The summed E-state index contributed by atoms with van der Waals surface area (Å²) in [4.78, 5) is 20.7. The summed E-state index contributed by atoms with van der Waals surface area (Å²) in [6.07, 6.45) is 4.42. The van der Waals surface area contributed by atoms with Crippen LogP contribution in [0.2, 0.25) is 0 Å². The number of aryl methyl sites for hydroxylation is 3. The molecule has 6 heteroatoms. The summed E-state index contributed by atoms with van der Waals surface area (Å²) in [5.74, 6) is 0.675. The van der Waals surface area contributed by atoms with E-state index in [1.165, 1.54) is 16.9 Å². The van der Waals surface area contributed by atoms with Gasteiger partial charge in [0.1, 0.15) is 4.83 Å². The number of halogens is 1. The highest BCUT2D eigenvalue weighted by atomic mass is 79.9. The summed E-state index contributed by atoms with van der Waals surface area (Å²) < 4.78 is 2.66. The summed E-state index contributed by atoms with van der Waals surface area (Å²) in [5, 5.41) is 1.56. The van der Waals surface area contributed by atoms with Gasteiger partial charge in [0.05, 0.1) is 11.1 Å². The Morgan fingerprint density at radius 3 is 2.96 bits per heavy atom. The first-order chi connectivity index (χ1) is 12.5. The van der Waals surface area contributed by atoms with Gasteiger partial charge in [-0.3, -0.25) is 9.36 Å². The maximum Gasteiger partial charge on any atom is 0.267 e. The van der Waals surface area contributed by atoms with Crippen LogP contribution < -0.4 is 5.56 Å². The van der Waals surface area contributed by atoms with Gasteiger partial charge in [0.15, 0.2) is 5.16 Å². The van der Waals surface area contributed by atoms with Crippen molar-refractivity contribution in [2.24, 2.45) is 0 Å². The molecular formula is C20H19BrN2OS2. The molecule has 2 heterocycles. The average Bonchev–Trinajstić information content (AvgIpc) is 2.98. The monoisotopic (exact) mass is 446 g/mol. The summed E-state index contributed by atoms with van der Waals surface area (Å²) in [6.45, 7) is 5.95. The van der Waals surface area contributed by atoms with Gasteiger partial charge in [-0.1, -0.05) is 46.4 Å². The van der Waals surface area contributed by atoms with Crippen molar-refractivity contribution in [2.75, 3.05) is 5.75 Å². The normalized spacial score (nSPS) is 13.8. The highest BCUT2D eigenvalue weighted by molar-refractivity contribution is 9.11. The molecule has 3 nitrogen and oxygen atoms in total. The first-order valence-electron chi connectivity index (χ1n) is 8.65. The van der Waals surface area contributed by atoms with Crippen LogP contribution in [0.5, 0.6) is 0 Å². The number of rotatable bonds is 4. The van der Waals surface area contributed by atoms with E-state index in [0.717, 1.165) is 50.4 Å². The zero-order chi connectivity index (χ0) is 18.3. The van der Waals surface area contributed by atoms with Crippen LogP contribution in [0.3, 0.4) is 0 Å². The van der Waals surface area contributed by atoms with E-state index in [1.807, 2.05) is 31.2 Å². The van der Waals surface area contributed by atoms with Crippen LogP contribution in [0.4, 0.5) is 0 Å². The zero-order valence-corrected chi connectivity index (χ0v) is 17.8. The van der Waals surface area contributed by atoms with Crippen LogP contribution in [-0.4, -0.2) is 15.3 Å². The Labute approximate surface area is 169 Å². The summed E-state index contributed by atoms with van der Waals surface area (Å²) in [7, 11) is 0. The van der Waals surface area contributed by atoms with Crippen molar-refractivity contribution in [2.45, 2.75) is 37.8 Å². The lowest BCUT2D eigenvalue weighted by molar-refractivity contribution is 0.699. The average molecular weight is 447 g/mol. The zero-order valence-electron chi connectivity index (χ0n) is 14.5. The molecule has 1 aliphatic rings. The Kier molecular flexibility index (Phi) is 5.08. The van der Waals surface area contributed by atoms with Gasteiger partial charge < -0.3 is 0 Å². The van der Waals surface area contributed by atoms with E-state index in [9.17, 15) is 4.79 Å².